The second kappa shape index (κ2) is 11.4. The first kappa shape index (κ1) is 29.1. The number of β-amino-alcohol motifs (C(OH)–C–C–N with tert-alkyl or cyclic N) is 1. The van der Waals surface area contributed by atoms with Gasteiger partial charge in [-0.3, -0.25) is 4.68 Å². The van der Waals surface area contributed by atoms with Crippen molar-refractivity contribution in [3.8, 4) is 0 Å². The van der Waals surface area contributed by atoms with Gasteiger partial charge in [-0.25, -0.2) is 4.98 Å². The molecule has 40 heavy (non-hydrogen) atoms. The third-order valence-electron chi connectivity index (χ3n) is 8.26. The van der Waals surface area contributed by atoms with Crippen LogP contribution in [0.4, 0.5) is 23.1 Å². The maximum absolute atomic E-state index is 12.8. The molecule has 1 saturated heterocycles. The summed E-state index contributed by atoms with van der Waals surface area (Å²) in [7, 11) is -2.49. The lowest BCUT2D eigenvalue weighted by Gasteiger charge is -2.46. The van der Waals surface area contributed by atoms with E-state index >= 15 is 0 Å². The lowest BCUT2D eigenvalue weighted by atomic mass is 9.67. The van der Waals surface area contributed by atoms with E-state index in [1.807, 2.05) is 50.5 Å². The Morgan fingerprint density at radius 1 is 1.10 bits per heavy atom. The lowest BCUT2D eigenvalue weighted by Crippen LogP contribution is -2.46. The SMILES string of the molecule is CC(C)(O)CN1CCC2(CCC(n3cc(Nc4ncc(Cl)c(Nc5ccccc5P(C)(C)=O)n4)cn3)CC2)CC1. The van der Waals surface area contributed by atoms with E-state index in [1.165, 1.54) is 25.7 Å². The van der Waals surface area contributed by atoms with E-state index in [0.717, 1.165) is 43.5 Å². The smallest absolute Gasteiger partial charge is 0.229 e. The summed E-state index contributed by atoms with van der Waals surface area (Å²) in [5, 5.41) is 22.4. The zero-order chi connectivity index (χ0) is 28.5. The summed E-state index contributed by atoms with van der Waals surface area (Å²) < 4.78 is 14.8. The minimum atomic E-state index is -2.49. The van der Waals surface area contributed by atoms with Gasteiger partial charge < -0.3 is 25.2 Å². The molecule has 9 nitrogen and oxygen atoms in total. The van der Waals surface area contributed by atoms with Gasteiger partial charge in [-0.1, -0.05) is 23.7 Å². The quantitative estimate of drug-likeness (QED) is 0.275. The molecular weight excluding hydrogens is 545 g/mol. The summed E-state index contributed by atoms with van der Waals surface area (Å²) in [6, 6.07) is 7.88. The van der Waals surface area contributed by atoms with Gasteiger partial charge in [0.05, 0.1) is 35.4 Å². The van der Waals surface area contributed by atoms with Crippen molar-refractivity contribution < 1.29 is 9.67 Å². The maximum Gasteiger partial charge on any atom is 0.229 e. The van der Waals surface area contributed by atoms with E-state index in [1.54, 1.807) is 19.5 Å². The zero-order valence-electron chi connectivity index (χ0n) is 23.9. The number of nitrogens with zero attached hydrogens (tertiary/aromatic N) is 5. The van der Waals surface area contributed by atoms with Gasteiger partial charge in [-0.15, -0.1) is 0 Å². The minimum absolute atomic E-state index is 0.375. The number of benzene rings is 1. The summed E-state index contributed by atoms with van der Waals surface area (Å²) in [6.07, 6.45) is 12.5. The number of halogens is 1. The Kier molecular flexibility index (Phi) is 8.31. The molecule has 1 aliphatic carbocycles. The van der Waals surface area contributed by atoms with Crippen LogP contribution in [0.25, 0.3) is 0 Å². The highest BCUT2D eigenvalue weighted by Gasteiger charge is 2.39. The van der Waals surface area contributed by atoms with E-state index in [-0.39, 0.29) is 0 Å². The van der Waals surface area contributed by atoms with Crippen LogP contribution in [0.1, 0.15) is 58.4 Å². The predicted octanol–water partition coefficient (Wildman–Crippen LogP) is 6.03. The van der Waals surface area contributed by atoms with Gasteiger partial charge in [0.1, 0.15) is 12.2 Å². The molecule has 1 saturated carbocycles. The predicted molar refractivity (Wildman–Crippen MR) is 163 cm³/mol. The molecule has 2 fully saturated rings. The Hall–Kier alpha value is -2.45. The Morgan fingerprint density at radius 2 is 1.80 bits per heavy atom. The first-order valence-corrected chi connectivity index (χ1v) is 17.1. The van der Waals surface area contributed by atoms with E-state index in [2.05, 4.69) is 35.3 Å². The first-order valence-electron chi connectivity index (χ1n) is 14.1. The van der Waals surface area contributed by atoms with Crippen LogP contribution in [-0.4, -0.2) is 68.3 Å². The molecule has 1 aromatic carbocycles. The highest BCUT2D eigenvalue weighted by molar-refractivity contribution is 7.70. The Morgan fingerprint density at radius 3 is 2.48 bits per heavy atom. The number of nitrogens with one attached hydrogen (secondary N) is 2. The van der Waals surface area contributed by atoms with Crippen molar-refractivity contribution >= 4 is 47.2 Å². The van der Waals surface area contributed by atoms with Crippen molar-refractivity contribution in [1.82, 2.24) is 24.6 Å². The molecule has 0 bridgehead atoms. The molecule has 0 atom stereocenters. The Bertz CT molecular complexity index is 1360. The van der Waals surface area contributed by atoms with Crippen molar-refractivity contribution in [3.63, 3.8) is 0 Å². The van der Waals surface area contributed by atoms with Gasteiger partial charge in [0.15, 0.2) is 5.82 Å². The van der Waals surface area contributed by atoms with Gasteiger partial charge in [0.2, 0.25) is 5.95 Å². The second-order valence-electron chi connectivity index (χ2n) is 12.5. The number of hydrogen-bond acceptors (Lipinski definition) is 8. The van der Waals surface area contributed by atoms with Gasteiger partial charge >= 0.3 is 0 Å². The molecule has 3 heterocycles. The fourth-order valence-corrected chi connectivity index (χ4v) is 7.43. The van der Waals surface area contributed by atoms with E-state index in [9.17, 15) is 9.67 Å². The number of rotatable bonds is 8. The van der Waals surface area contributed by atoms with E-state index in [4.69, 9.17) is 11.6 Å². The molecule has 3 aromatic rings. The number of piperidine rings is 1. The molecule has 1 aliphatic heterocycles. The van der Waals surface area contributed by atoms with Gasteiger partial charge in [-0.05, 0) is 96.3 Å². The number of anilines is 4. The van der Waals surface area contributed by atoms with Crippen molar-refractivity contribution in [3.05, 3.63) is 47.9 Å². The average molecular weight is 586 g/mol. The molecule has 5 rings (SSSR count). The average Bonchev–Trinajstić information content (AvgIpc) is 3.35. The van der Waals surface area contributed by atoms with Crippen molar-refractivity contribution in [2.24, 2.45) is 5.41 Å². The highest BCUT2D eigenvalue weighted by atomic mass is 35.5. The molecule has 216 valence electrons. The number of hydrogen-bond donors (Lipinski definition) is 3. The summed E-state index contributed by atoms with van der Waals surface area (Å²) in [5.74, 6) is 0.846. The monoisotopic (exact) mass is 585 g/mol. The van der Waals surface area contributed by atoms with Gasteiger partial charge in [0.25, 0.3) is 0 Å². The third kappa shape index (κ3) is 7.06. The topological polar surface area (TPSA) is 108 Å². The van der Waals surface area contributed by atoms with E-state index in [0.29, 0.717) is 33.9 Å². The van der Waals surface area contributed by atoms with Crippen molar-refractivity contribution in [2.75, 3.05) is 43.6 Å². The Labute approximate surface area is 242 Å². The molecule has 0 amide bonds. The van der Waals surface area contributed by atoms with Crippen LogP contribution in [-0.2, 0) is 4.57 Å². The number of aliphatic hydroxyl groups is 1. The standard InChI is InChI=1S/C29H41ClN7O2P/c1-28(2,38)20-36-15-13-29(14-16-36)11-9-22(10-12-29)37-19-21(17-32-37)33-27-31-18-23(30)26(35-27)34-24-7-5-6-8-25(24)40(3,4)39/h5-8,17-19,22,38H,9-16,20H2,1-4H3,(H2,31,33,34,35). The molecular formula is C29H41ClN7O2P. The molecule has 0 unspecified atom stereocenters. The lowest BCUT2D eigenvalue weighted by molar-refractivity contribution is -0.00283. The largest absolute Gasteiger partial charge is 0.389 e. The van der Waals surface area contributed by atoms with Crippen molar-refractivity contribution in [1.29, 1.82) is 0 Å². The summed E-state index contributed by atoms with van der Waals surface area (Å²) in [4.78, 5) is 11.3. The maximum atomic E-state index is 12.8. The van der Waals surface area contributed by atoms with Crippen LogP contribution in [0.5, 0.6) is 0 Å². The second-order valence-corrected chi connectivity index (χ2v) is 16.1. The summed E-state index contributed by atoms with van der Waals surface area (Å²) in [5.41, 5.74) is 1.34. The molecule has 2 aromatic heterocycles. The number of aromatic nitrogens is 4. The van der Waals surface area contributed by atoms with Gasteiger partial charge in [0, 0.05) is 18.0 Å². The fourth-order valence-electron chi connectivity index (χ4n) is 6.14. The number of likely N-dealkylation sites (tertiary alicyclic amines) is 1. The molecule has 1 spiro atoms. The molecule has 3 N–H and O–H groups in total. The third-order valence-corrected chi connectivity index (χ3v) is 10.1. The van der Waals surface area contributed by atoms with Crippen LogP contribution in [0, 0.1) is 5.41 Å². The summed E-state index contributed by atoms with van der Waals surface area (Å²) in [6.45, 7) is 10.2. The van der Waals surface area contributed by atoms with Crippen LogP contribution >= 0.6 is 18.7 Å². The fraction of sp³-hybridized carbons (Fsp3) is 0.552. The molecule has 0 radical (unpaired) electrons. The number of para-hydroxylation sites is 1. The minimum Gasteiger partial charge on any atom is -0.389 e. The van der Waals surface area contributed by atoms with Crippen LogP contribution in [0.2, 0.25) is 5.02 Å². The van der Waals surface area contributed by atoms with Crippen LogP contribution in [0.15, 0.2) is 42.9 Å². The van der Waals surface area contributed by atoms with Crippen molar-refractivity contribution in [2.45, 2.75) is 64.0 Å². The van der Waals surface area contributed by atoms with Crippen LogP contribution < -0.4 is 15.9 Å². The normalized spacial score (nSPS) is 18.6. The van der Waals surface area contributed by atoms with Gasteiger partial charge in [-0.2, -0.15) is 10.1 Å². The first-order chi connectivity index (χ1) is 18.9. The Balaban J connectivity index is 1.19. The zero-order valence-corrected chi connectivity index (χ0v) is 25.5. The summed E-state index contributed by atoms with van der Waals surface area (Å²) >= 11 is 6.40. The highest BCUT2D eigenvalue weighted by Crippen LogP contribution is 2.47. The molecule has 11 heteroatoms. The van der Waals surface area contributed by atoms with E-state index < -0.39 is 12.7 Å². The molecule has 2 aliphatic rings. The van der Waals surface area contributed by atoms with Crippen LogP contribution in [0.3, 0.4) is 0 Å².